The number of fused-ring (bicyclic) bond motifs is 1. The average Bonchev–Trinajstić information content (AvgIpc) is 2.78. The quantitative estimate of drug-likeness (QED) is 0.743. The molecule has 0 amide bonds. The van der Waals surface area contributed by atoms with Crippen molar-refractivity contribution < 1.29 is 4.39 Å². The first kappa shape index (κ1) is 14.2. The molecule has 3 aromatic rings. The van der Waals surface area contributed by atoms with Crippen LogP contribution in [0.5, 0.6) is 0 Å². The molecular weight excluding hydrogens is 283 g/mol. The Morgan fingerprint density at radius 2 is 2.00 bits per heavy atom. The van der Waals surface area contributed by atoms with Crippen molar-refractivity contribution in [2.24, 2.45) is 0 Å². The molecule has 108 valence electrons. The van der Waals surface area contributed by atoms with E-state index in [0.29, 0.717) is 6.54 Å². The molecule has 1 aromatic heterocycles. The molecule has 0 atom stereocenters. The molecular formula is C17H17FN2S. The summed E-state index contributed by atoms with van der Waals surface area (Å²) < 4.78 is 13.4. The predicted molar refractivity (Wildman–Crippen MR) is 86.3 cm³/mol. The Bertz CT molecular complexity index is 780. The Morgan fingerprint density at radius 3 is 2.81 bits per heavy atom. The van der Waals surface area contributed by atoms with Crippen LogP contribution in [0.3, 0.4) is 0 Å². The molecule has 2 aromatic carbocycles. The van der Waals surface area contributed by atoms with Gasteiger partial charge in [0.05, 0.1) is 0 Å². The van der Waals surface area contributed by atoms with Crippen molar-refractivity contribution in [2.45, 2.75) is 23.3 Å². The molecule has 0 unspecified atom stereocenters. The van der Waals surface area contributed by atoms with Gasteiger partial charge in [-0.15, -0.1) is 0 Å². The number of H-pyrrole nitrogens is 1. The Hall–Kier alpha value is -1.78. The lowest BCUT2D eigenvalue weighted by Crippen LogP contribution is -2.06. The van der Waals surface area contributed by atoms with Gasteiger partial charge in [-0.05, 0) is 43.8 Å². The number of aromatic nitrogens is 1. The molecule has 2 nitrogen and oxygen atoms in total. The van der Waals surface area contributed by atoms with Gasteiger partial charge in [0.1, 0.15) is 5.82 Å². The number of para-hydroxylation sites is 1. The minimum Gasteiger partial charge on any atom is -0.358 e. The minimum atomic E-state index is -0.194. The maximum atomic E-state index is 13.4. The normalized spacial score (nSPS) is 11.2. The summed E-state index contributed by atoms with van der Waals surface area (Å²) in [5, 5.41) is 4.30. The molecule has 1 heterocycles. The van der Waals surface area contributed by atoms with Crippen LogP contribution in [0.15, 0.2) is 52.3 Å². The van der Waals surface area contributed by atoms with E-state index < -0.39 is 0 Å². The first-order valence-electron chi connectivity index (χ1n) is 6.87. The third-order valence-electron chi connectivity index (χ3n) is 3.44. The molecule has 0 spiro atoms. The van der Waals surface area contributed by atoms with Gasteiger partial charge >= 0.3 is 0 Å². The Labute approximate surface area is 127 Å². The van der Waals surface area contributed by atoms with Gasteiger partial charge in [-0.1, -0.05) is 30.0 Å². The van der Waals surface area contributed by atoms with Crippen LogP contribution < -0.4 is 5.32 Å². The third-order valence-corrected chi connectivity index (χ3v) is 4.78. The van der Waals surface area contributed by atoms with Gasteiger partial charge in [0.15, 0.2) is 0 Å². The number of aromatic amines is 1. The lowest BCUT2D eigenvalue weighted by molar-refractivity contribution is 0.621. The number of hydrogen-bond acceptors (Lipinski definition) is 2. The van der Waals surface area contributed by atoms with E-state index >= 15 is 0 Å². The van der Waals surface area contributed by atoms with Gasteiger partial charge < -0.3 is 10.3 Å². The summed E-state index contributed by atoms with van der Waals surface area (Å²) >= 11 is 1.69. The maximum Gasteiger partial charge on any atom is 0.123 e. The van der Waals surface area contributed by atoms with Crippen molar-refractivity contribution in [2.75, 3.05) is 7.05 Å². The summed E-state index contributed by atoms with van der Waals surface area (Å²) in [6.07, 6.45) is 0. The van der Waals surface area contributed by atoms with Gasteiger partial charge in [-0.25, -0.2) is 4.39 Å². The largest absolute Gasteiger partial charge is 0.358 e. The van der Waals surface area contributed by atoms with E-state index in [1.807, 2.05) is 25.2 Å². The molecule has 0 saturated carbocycles. The van der Waals surface area contributed by atoms with E-state index in [4.69, 9.17) is 0 Å². The van der Waals surface area contributed by atoms with Crippen LogP contribution in [-0.2, 0) is 6.54 Å². The van der Waals surface area contributed by atoms with E-state index in [-0.39, 0.29) is 5.82 Å². The highest BCUT2D eigenvalue weighted by Gasteiger charge is 2.12. The number of nitrogens with one attached hydrogen (secondary N) is 2. The van der Waals surface area contributed by atoms with Crippen molar-refractivity contribution in [3.8, 4) is 0 Å². The highest BCUT2D eigenvalue weighted by atomic mass is 32.2. The monoisotopic (exact) mass is 300 g/mol. The number of aryl methyl sites for hydroxylation is 1. The van der Waals surface area contributed by atoms with E-state index in [2.05, 4.69) is 29.4 Å². The van der Waals surface area contributed by atoms with Crippen molar-refractivity contribution in [3.63, 3.8) is 0 Å². The van der Waals surface area contributed by atoms with Crippen LogP contribution in [0.2, 0.25) is 0 Å². The summed E-state index contributed by atoms with van der Waals surface area (Å²) in [5.41, 5.74) is 3.25. The van der Waals surface area contributed by atoms with Crippen molar-refractivity contribution in [3.05, 3.63) is 59.5 Å². The van der Waals surface area contributed by atoms with Crippen molar-refractivity contribution in [1.82, 2.24) is 10.3 Å². The SMILES string of the molecule is CNCc1cc(F)ccc1Sc1c(C)[nH]c2ccccc12. The molecule has 0 radical (unpaired) electrons. The van der Waals surface area contributed by atoms with Gasteiger partial charge in [-0.3, -0.25) is 0 Å². The fourth-order valence-corrected chi connectivity index (χ4v) is 3.58. The van der Waals surface area contributed by atoms with Crippen LogP contribution in [0, 0.1) is 12.7 Å². The van der Waals surface area contributed by atoms with Crippen LogP contribution in [-0.4, -0.2) is 12.0 Å². The zero-order valence-electron chi connectivity index (χ0n) is 12.0. The third kappa shape index (κ3) is 2.82. The van der Waals surface area contributed by atoms with Crippen LogP contribution >= 0.6 is 11.8 Å². The highest BCUT2D eigenvalue weighted by Crippen LogP contribution is 2.38. The summed E-state index contributed by atoms with van der Waals surface area (Å²) in [7, 11) is 1.87. The zero-order chi connectivity index (χ0) is 14.8. The summed E-state index contributed by atoms with van der Waals surface area (Å²) in [6.45, 7) is 2.73. The molecule has 21 heavy (non-hydrogen) atoms. The number of halogens is 1. The van der Waals surface area contributed by atoms with Crippen LogP contribution in [0.25, 0.3) is 10.9 Å². The van der Waals surface area contributed by atoms with Gasteiger partial charge in [0.2, 0.25) is 0 Å². The lowest BCUT2D eigenvalue weighted by Gasteiger charge is -2.09. The van der Waals surface area contributed by atoms with Gasteiger partial charge in [0, 0.05) is 32.9 Å². The fourth-order valence-electron chi connectivity index (χ4n) is 2.47. The van der Waals surface area contributed by atoms with Crippen molar-refractivity contribution >= 4 is 22.7 Å². The van der Waals surface area contributed by atoms with Crippen molar-refractivity contribution in [1.29, 1.82) is 0 Å². The average molecular weight is 300 g/mol. The predicted octanol–water partition coefficient (Wildman–Crippen LogP) is 4.49. The molecule has 0 aliphatic rings. The second-order valence-electron chi connectivity index (χ2n) is 5.01. The standard InChI is InChI=1S/C17H17FN2S/c1-11-17(14-5-3-4-6-15(14)20-11)21-16-8-7-13(18)9-12(16)10-19-2/h3-9,19-20H,10H2,1-2H3. The Balaban J connectivity index is 2.04. The fraction of sp³-hybridized carbons (Fsp3) is 0.176. The minimum absolute atomic E-state index is 0.194. The molecule has 0 bridgehead atoms. The smallest absolute Gasteiger partial charge is 0.123 e. The first-order chi connectivity index (χ1) is 10.2. The van der Waals surface area contributed by atoms with E-state index in [1.54, 1.807) is 17.8 Å². The summed E-state index contributed by atoms with van der Waals surface area (Å²) in [4.78, 5) is 5.68. The molecule has 4 heteroatoms. The second kappa shape index (κ2) is 5.92. The van der Waals surface area contributed by atoms with E-state index in [9.17, 15) is 4.39 Å². The molecule has 0 saturated heterocycles. The van der Waals surface area contributed by atoms with Crippen LogP contribution in [0.4, 0.5) is 4.39 Å². The molecule has 3 rings (SSSR count). The Kier molecular flexibility index (Phi) is 3.99. The first-order valence-corrected chi connectivity index (χ1v) is 7.69. The Morgan fingerprint density at radius 1 is 1.19 bits per heavy atom. The van der Waals surface area contributed by atoms with Gasteiger partial charge in [0.25, 0.3) is 0 Å². The van der Waals surface area contributed by atoms with Gasteiger partial charge in [-0.2, -0.15) is 0 Å². The number of rotatable bonds is 4. The second-order valence-corrected chi connectivity index (χ2v) is 6.06. The summed E-state index contributed by atoms with van der Waals surface area (Å²) in [5.74, 6) is -0.194. The maximum absolute atomic E-state index is 13.4. The zero-order valence-corrected chi connectivity index (χ0v) is 12.9. The lowest BCUT2D eigenvalue weighted by atomic mass is 10.2. The van der Waals surface area contributed by atoms with E-state index in [0.717, 1.165) is 21.7 Å². The van der Waals surface area contributed by atoms with Crippen LogP contribution in [0.1, 0.15) is 11.3 Å². The molecule has 0 aliphatic heterocycles. The number of benzene rings is 2. The highest BCUT2D eigenvalue weighted by molar-refractivity contribution is 7.99. The summed E-state index contributed by atoms with van der Waals surface area (Å²) in [6, 6.07) is 13.2. The molecule has 0 aliphatic carbocycles. The molecule has 0 fully saturated rings. The molecule has 2 N–H and O–H groups in total. The number of hydrogen-bond donors (Lipinski definition) is 2. The van der Waals surface area contributed by atoms with E-state index in [1.165, 1.54) is 16.3 Å². The topological polar surface area (TPSA) is 27.8 Å².